The molecule has 3 nitrogen and oxygen atoms in total. The number of halogens is 1. The van der Waals surface area contributed by atoms with Gasteiger partial charge in [0.1, 0.15) is 5.75 Å². The van der Waals surface area contributed by atoms with E-state index in [1.807, 2.05) is 20.8 Å². The molecular weight excluding hydrogens is 284 g/mol. The minimum absolute atomic E-state index is 0.518. The summed E-state index contributed by atoms with van der Waals surface area (Å²) in [5.41, 5.74) is 3.76. The van der Waals surface area contributed by atoms with Gasteiger partial charge in [-0.1, -0.05) is 0 Å². The lowest BCUT2D eigenvalue weighted by molar-refractivity contribution is -0.138. The molecule has 0 fully saturated rings. The third-order valence-corrected chi connectivity index (χ3v) is 4.20. The number of ether oxygens (including phenoxy) is 1. The van der Waals surface area contributed by atoms with E-state index < -0.39 is 11.9 Å². The molecule has 1 atom stereocenters. The number of rotatable bonds is 3. The van der Waals surface area contributed by atoms with Gasteiger partial charge < -0.3 is 9.84 Å². The Labute approximate surface area is 110 Å². The molecule has 0 spiro atoms. The summed E-state index contributed by atoms with van der Waals surface area (Å²) in [4.78, 5) is 11.1. The third kappa shape index (κ3) is 2.32. The van der Waals surface area contributed by atoms with Crippen LogP contribution >= 0.6 is 15.9 Å². The van der Waals surface area contributed by atoms with Crippen molar-refractivity contribution in [2.24, 2.45) is 0 Å². The highest BCUT2D eigenvalue weighted by molar-refractivity contribution is 9.10. The molecule has 17 heavy (non-hydrogen) atoms. The first-order chi connectivity index (χ1) is 7.82. The van der Waals surface area contributed by atoms with Gasteiger partial charge in [-0.15, -0.1) is 0 Å². The van der Waals surface area contributed by atoms with Gasteiger partial charge in [-0.3, -0.25) is 4.79 Å². The smallest absolute Gasteiger partial charge is 0.310 e. The van der Waals surface area contributed by atoms with Crippen LogP contribution in [0.4, 0.5) is 0 Å². The number of benzene rings is 1. The summed E-state index contributed by atoms with van der Waals surface area (Å²) in [5.74, 6) is -0.551. The lowest BCUT2D eigenvalue weighted by Gasteiger charge is -2.20. The average Bonchev–Trinajstić information content (AvgIpc) is 2.27. The number of hydrogen-bond donors (Lipinski definition) is 1. The van der Waals surface area contributed by atoms with E-state index in [0.717, 1.165) is 32.5 Å². The van der Waals surface area contributed by atoms with E-state index in [2.05, 4.69) is 15.9 Å². The predicted molar refractivity (Wildman–Crippen MR) is 71.0 cm³/mol. The molecule has 1 N–H and O–H groups in total. The van der Waals surface area contributed by atoms with E-state index in [9.17, 15) is 4.79 Å². The molecule has 0 aliphatic carbocycles. The van der Waals surface area contributed by atoms with Crippen LogP contribution in [0.5, 0.6) is 5.75 Å². The molecule has 1 rings (SSSR count). The summed E-state index contributed by atoms with van der Waals surface area (Å²) in [6.45, 7) is 7.49. The summed E-state index contributed by atoms with van der Waals surface area (Å²) in [6, 6.07) is 0. The molecule has 0 bridgehead atoms. The molecule has 0 radical (unpaired) electrons. The lowest BCUT2D eigenvalue weighted by Crippen LogP contribution is -2.12. The normalized spacial score (nSPS) is 12.4. The van der Waals surface area contributed by atoms with Crippen LogP contribution in [0.1, 0.15) is 35.1 Å². The Morgan fingerprint density at radius 2 is 1.76 bits per heavy atom. The Morgan fingerprint density at radius 1 is 1.24 bits per heavy atom. The van der Waals surface area contributed by atoms with Crippen molar-refractivity contribution in [2.45, 2.75) is 33.6 Å². The number of hydrogen-bond acceptors (Lipinski definition) is 2. The van der Waals surface area contributed by atoms with Gasteiger partial charge >= 0.3 is 5.97 Å². The van der Waals surface area contributed by atoms with Crippen molar-refractivity contribution in [1.29, 1.82) is 0 Å². The average molecular weight is 301 g/mol. The molecule has 0 aromatic heterocycles. The molecular formula is C13H17BrO3. The first-order valence-corrected chi connectivity index (χ1v) is 6.18. The fourth-order valence-corrected chi connectivity index (χ4v) is 2.80. The van der Waals surface area contributed by atoms with Crippen LogP contribution < -0.4 is 4.74 Å². The second-order valence-corrected chi connectivity index (χ2v) is 4.99. The van der Waals surface area contributed by atoms with Gasteiger partial charge in [-0.25, -0.2) is 0 Å². The van der Waals surface area contributed by atoms with Crippen molar-refractivity contribution in [3.63, 3.8) is 0 Å². The van der Waals surface area contributed by atoms with Crippen LogP contribution in [0, 0.1) is 20.8 Å². The second-order valence-electron chi connectivity index (χ2n) is 4.20. The second kappa shape index (κ2) is 5.08. The molecule has 0 heterocycles. The maximum atomic E-state index is 11.1. The van der Waals surface area contributed by atoms with Gasteiger partial charge in [0.15, 0.2) is 0 Å². The molecule has 94 valence electrons. The molecule has 1 aromatic carbocycles. The highest BCUT2D eigenvalue weighted by Gasteiger charge is 2.23. The van der Waals surface area contributed by atoms with Crippen molar-refractivity contribution >= 4 is 21.9 Å². The van der Waals surface area contributed by atoms with E-state index >= 15 is 0 Å². The molecule has 0 saturated heterocycles. The maximum Gasteiger partial charge on any atom is 0.310 e. The van der Waals surface area contributed by atoms with Crippen molar-refractivity contribution < 1.29 is 14.6 Å². The SMILES string of the molecule is COc1c(C)c(C)c(C(C)C(=O)O)c(C)c1Br. The minimum Gasteiger partial charge on any atom is -0.495 e. The Morgan fingerprint density at radius 3 is 2.18 bits per heavy atom. The van der Waals surface area contributed by atoms with E-state index in [1.165, 1.54) is 0 Å². The summed E-state index contributed by atoms with van der Waals surface area (Å²) in [7, 11) is 1.62. The zero-order valence-electron chi connectivity index (χ0n) is 10.7. The Hall–Kier alpha value is -1.03. The quantitative estimate of drug-likeness (QED) is 0.928. The number of aliphatic carboxylic acids is 1. The highest BCUT2D eigenvalue weighted by Crippen LogP contribution is 2.39. The molecule has 4 heteroatoms. The minimum atomic E-state index is -0.812. The standard InChI is InChI=1S/C13H17BrO3/c1-6-7(2)12(17-5)11(14)8(3)10(6)9(4)13(15)16/h9H,1-5H3,(H,15,16). The molecule has 0 saturated carbocycles. The molecule has 1 aromatic rings. The topological polar surface area (TPSA) is 46.5 Å². The number of carbonyl (C=O) groups is 1. The summed E-state index contributed by atoms with van der Waals surface area (Å²) in [5, 5.41) is 9.15. The van der Waals surface area contributed by atoms with Gasteiger partial charge in [0, 0.05) is 0 Å². The van der Waals surface area contributed by atoms with Gasteiger partial charge in [-0.2, -0.15) is 0 Å². The molecule has 0 amide bonds. The van der Waals surface area contributed by atoms with Crippen LogP contribution in [-0.4, -0.2) is 18.2 Å². The van der Waals surface area contributed by atoms with Crippen LogP contribution in [0.25, 0.3) is 0 Å². The molecule has 0 aliphatic heterocycles. The summed E-state index contributed by atoms with van der Waals surface area (Å²) in [6.07, 6.45) is 0. The maximum absolute atomic E-state index is 11.1. The largest absolute Gasteiger partial charge is 0.495 e. The van der Waals surface area contributed by atoms with Crippen LogP contribution in [-0.2, 0) is 4.79 Å². The molecule has 0 aliphatic rings. The predicted octanol–water partition coefficient (Wildman–Crippen LogP) is 3.57. The Balaban J connectivity index is 3.59. The van der Waals surface area contributed by atoms with Crippen LogP contribution in [0.2, 0.25) is 0 Å². The third-order valence-electron chi connectivity index (χ3n) is 3.25. The van der Waals surface area contributed by atoms with E-state index in [4.69, 9.17) is 9.84 Å². The summed E-state index contributed by atoms with van der Waals surface area (Å²) < 4.78 is 6.18. The van der Waals surface area contributed by atoms with Crippen LogP contribution in [0.15, 0.2) is 4.47 Å². The zero-order chi connectivity index (χ0) is 13.3. The number of carboxylic acid groups (broad SMARTS) is 1. The number of methoxy groups -OCH3 is 1. The molecule has 1 unspecified atom stereocenters. The fraction of sp³-hybridized carbons (Fsp3) is 0.462. The van der Waals surface area contributed by atoms with E-state index in [-0.39, 0.29) is 0 Å². The van der Waals surface area contributed by atoms with Crippen LogP contribution in [0.3, 0.4) is 0 Å². The summed E-state index contributed by atoms with van der Waals surface area (Å²) >= 11 is 3.48. The van der Waals surface area contributed by atoms with E-state index in [1.54, 1.807) is 14.0 Å². The highest BCUT2D eigenvalue weighted by atomic mass is 79.9. The first kappa shape index (κ1) is 14.0. The van der Waals surface area contributed by atoms with Gasteiger partial charge in [0.25, 0.3) is 0 Å². The Kier molecular flexibility index (Phi) is 4.20. The first-order valence-electron chi connectivity index (χ1n) is 5.38. The van der Waals surface area contributed by atoms with Crippen molar-refractivity contribution in [3.8, 4) is 5.75 Å². The van der Waals surface area contributed by atoms with Crippen molar-refractivity contribution in [1.82, 2.24) is 0 Å². The zero-order valence-corrected chi connectivity index (χ0v) is 12.3. The van der Waals surface area contributed by atoms with Crippen molar-refractivity contribution in [2.75, 3.05) is 7.11 Å². The lowest BCUT2D eigenvalue weighted by atomic mass is 9.89. The van der Waals surface area contributed by atoms with Gasteiger partial charge in [0.05, 0.1) is 17.5 Å². The fourth-order valence-electron chi connectivity index (χ4n) is 2.12. The van der Waals surface area contributed by atoms with Gasteiger partial charge in [-0.05, 0) is 65.9 Å². The monoisotopic (exact) mass is 300 g/mol. The Bertz CT molecular complexity index is 437. The van der Waals surface area contributed by atoms with Gasteiger partial charge in [0.2, 0.25) is 0 Å². The van der Waals surface area contributed by atoms with Crippen molar-refractivity contribution in [3.05, 3.63) is 26.7 Å². The van der Waals surface area contributed by atoms with E-state index in [0.29, 0.717) is 0 Å². The number of carboxylic acids is 1.